The molecule has 6 atom stereocenters. The molecule has 0 N–H and O–H groups in total. The first kappa shape index (κ1) is 33.7. The third-order valence-corrected chi connectivity index (χ3v) is 8.68. The number of fused-ring (bicyclic) bond motifs is 1. The number of piperidine rings is 2. The van der Waals surface area contributed by atoms with Crippen LogP contribution in [0.5, 0.6) is 0 Å². The Labute approximate surface area is 280 Å². The first-order valence-corrected chi connectivity index (χ1v) is 14.5. The van der Waals surface area contributed by atoms with Gasteiger partial charge in [0.05, 0.1) is 11.4 Å². The minimum Gasteiger partial charge on any atom is -0.651 e. The molecule has 0 bridgehead atoms. The van der Waals surface area contributed by atoms with Crippen LogP contribution in [0.25, 0.3) is 10.6 Å². The summed E-state index contributed by atoms with van der Waals surface area (Å²) in [5, 5.41) is 11.1. The van der Waals surface area contributed by atoms with Crippen molar-refractivity contribution in [3.63, 3.8) is 0 Å². The third-order valence-electron chi connectivity index (χ3n) is 8.68. The zero-order chi connectivity index (χ0) is 29.2. The van der Waals surface area contributed by atoms with Gasteiger partial charge in [-0.25, -0.2) is 0 Å². The Morgan fingerprint density at radius 3 is 1.23 bits per heavy atom. The molecule has 0 aliphatic carbocycles. The van der Waals surface area contributed by atoms with E-state index in [4.69, 9.17) is 30.6 Å². The van der Waals surface area contributed by atoms with Crippen molar-refractivity contribution >= 4 is 12.4 Å². The average molecular weight is 674 g/mol. The molecule has 6 rings (SSSR count). The van der Waals surface area contributed by atoms with Crippen molar-refractivity contribution in [1.82, 2.24) is 19.9 Å². The van der Waals surface area contributed by atoms with Crippen LogP contribution in [0.3, 0.4) is 0 Å². The van der Waals surface area contributed by atoms with Crippen molar-refractivity contribution in [2.45, 2.75) is 63.9 Å². The summed E-state index contributed by atoms with van der Waals surface area (Å²) in [6, 6.07) is 22.6. The molecule has 44 heavy (non-hydrogen) atoms. The Morgan fingerprint density at radius 1 is 0.545 bits per heavy atom. The van der Waals surface area contributed by atoms with E-state index in [1.165, 1.54) is 0 Å². The third kappa shape index (κ3) is 6.74. The van der Waals surface area contributed by atoms with Gasteiger partial charge >= 0.3 is 0 Å². The predicted molar refractivity (Wildman–Crippen MR) is 167 cm³/mol. The van der Waals surface area contributed by atoms with Crippen LogP contribution in [-0.2, 0) is 33.0 Å². The largest absolute Gasteiger partial charge is 0.651 e. The van der Waals surface area contributed by atoms with Gasteiger partial charge < -0.3 is 10.6 Å². The van der Waals surface area contributed by atoms with Crippen molar-refractivity contribution in [2.24, 2.45) is 20.8 Å². The van der Waals surface area contributed by atoms with E-state index < -0.39 is 0 Å². The van der Waals surface area contributed by atoms with Crippen LogP contribution in [0, 0.1) is 10.8 Å². The number of pyridine rings is 4. The molecule has 0 aromatic carbocycles. The van der Waals surface area contributed by atoms with Crippen LogP contribution >= 0.6 is 0 Å². The normalized spacial score (nSPS) is 27.2. The van der Waals surface area contributed by atoms with Gasteiger partial charge in [-0.15, -0.1) is 12.1 Å². The minimum atomic E-state index is -0.361. The van der Waals surface area contributed by atoms with E-state index in [0.29, 0.717) is 0 Å². The molecule has 10 heteroatoms. The number of aromatic nitrogens is 4. The summed E-state index contributed by atoms with van der Waals surface area (Å²) in [4.78, 5) is 28.8. The zero-order valence-electron chi connectivity index (χ0n) is 25.1. The second-order valence-corrected chi connectivity index (χ2v) is 12.2. The maximum Gasteiger partial charge on any atom is 0.0807 e. The van der Waals surface area contributed by atoms with Crippen molar-refractivity contribution in [3.05, 3.63) is 131 Å². The van der Waals surface area contributed by atoms with E-state index in [1.54, 1.807) is 12.4 Å². The molecule has 0 spiro atoms. The Bertz CT molecular complexity index is 1400. The van der Waals surface area contributed by atoms with Crippen LogP contribution < -0.4 is 0 Å². The fourth-order valence-electron chi connectivity index (χ4n) is 6.38. The summed E-state index contributed by atoms with van der Waals surface area (Å²) in [5.41, 5.74) is 2.71. The van der Waals surface area contributed by atoms with Gasteiger partial charge in [0.1, 0.15) is 0 Å². The predicted octanol–water partition coefficient (Wildman–Crippen LogP) is 6.58. The number of hydrogen-bond donors (Lipinski definition) is 0. The van der Waals surface area contributed by atoms with Crippen LogP contribution in [0.4, 0.5) is 0 Å². The quantitative estimate of drug-likeness (QED) is 0.170. The minimum absolute atomic E-state index is 0. The van der Waals surface area contributed by atoms with Crippen LogP contribution in [0.15, 0.2) is 108 Å². The molecule has 2 fully saturated rings. The van der Waals surface area contributed by atoms with Gasteiger partial charge in [-0.05, 0) is 59.4 Å². The number of rotatable bonds is 6. The molecule has 0 radical (unpaired) electrons. The van der Waals surface area contributed by atoms with Gasteiger partial charge in [-0.2, -0.15) is 0 Å². The summed E-state index contributed by atoms with van der Waals surface area (Å²) < 4.78 is 0. The fraction of sp³-hybridized carbons (Fsp3) is 0.353. The van der Waals surface area contributed by atoms with Gasteiger partial charge in [0, 0.05) is 93.7 Å². The molecule has 0 saturated carbocycles. The molecule has 4 aromatic heterocycles. The maximum absolute atomic E-state index is 5.55. The first-order valence-electron chi connectivity index (χ1n) is 14.5. The number of nitrogens with zero attached hydrogens (tertiary/aromatic N) is 8. The Kier molecular flexibility index (Phi) is 11.0. The van der Waals surface area contributed by atoms with Gasteiger partial charge in [0.2, 0.25) is 0 Å². The number of hydrogen-bond acceptors (Lipinski definition) is 6. The topological polar surface area (TPSA) is 104 Å². The van der Waals surface area contributed by atoms with E-state index in [-0.39, 0.29) is 80.1 Å². The smallest absolute Gasteiger partial charge is 0.0807 e. The maximum atomic E-state index is 5.55. The molecule has 234 valence electrons. The van der Waals surface area contributed by atoms with Gasteiger partial charge in [0.25, 0.3) is 0 Å². The van der Waals surface area contributed by atoms with Gasteiger partial charge in [-0.3, -0.25) is 29.9 Å². The summed E-state index contributed by atoms with van der Waals surface area (Å²) in [6.45, 7) is 9.06. The zero-order valence-corrected chi connectivity index (χ0v) is 27.0. The molecule has 2 aliphatic heterocycles. The van der Waals surface area contributed by atoms with E-state index in [2.05, 4.69) is 37.7 Å². The second kappa shape index (κ2) is 14.3. The molecule has 6 heterocycles. The SMILES string of the molecule is CC1(C)[C@H](N=Cc2ccccn2)[C@H](c2ccccn2)[N-][C@H]2[C@@H]1[N-][C@@H](c1ccccn1)[C@@H](N=Cc1ccccn1)C2(C)C.[Ni].[Ni]. The molecule has 8 nitrogen and oxygen atoms in total. The molecular weight excluding hydrogens is 638 g/mol. The standard InChI is InChI=1S/C34H36N8.2Ni/c1-33(2)29(39-21-23-13-5-9-17-35-23)27(25-15-7-11-19-37-25)42-32-31(33)41-28(26-16-8-12-20-38-26)30(34(32,3)4)40-22-24-14-6-10-18-36-24;;/h5-22,27-32H,1-4H3;;/q-2;;/t27-,28-,29+,30+,31-,32-;;/m0../s1. The number of aliphatic imine (C=N–C) groups is 2. The average Bonchev–Trinajstić information content (AvgIpc) is 3.01. The van der Waals surface area contributed by atoms with Crippen molar-refractivity contribution < 1.29 is 33.0 Å². The molecular formula is C34H36N8Ni2-2. The van der Waals surface area contributed by atoms with Crippen molar-refractivity contribution in [3.8, 4) is 0 Å². The Balaban J connectivity index is 0.00000221. The van der Waals surface area contributed by atoms with E-state index in [0.717, 1.165) is 22.8 Å². The van der Waals surface area contributed by atoms with E-state index in [1.807, 2.05) is 97.6 Å². The van der Waals surface area contributed by atoms with E-state index in [9.17, 15) is 0 Å². The summed E-state index contributed by atoms with van der Waals surface area (Å²) in [5.74, 6) is 0. The molecule has 2 aliphatic rings. The van der Waals surface area contributed by atoms with Crippen molar-refractivity contribution in [2.75, 3.05) is 0 Å². The van der Waals surface area contributed by atoms with Gasteiger partial charge in [-0.1, -0.05) is 64.0 Å². The Hall–Kier alpha value is -3.15. The Morgan fingerprint density at radius 2 is 0.909 bits per heavy atom. The molecule has 4 aromatic rings. The van der Waals surface area contributed by atoms with E-state index >= 15 is 0 Å². The van der Waals surface area contributed by atoms with Crippen molar-refractivity contribution in [1.29, 1.82) is 0 Å². The summed E-state index contributed by atoms with van der Waals surface area (Å²) >= 11 is 0. The molecule has 2 saturated heterocycles. The molecule has 0 unspecified atom stereocenters. The first-order chi connectivity index (χ1) is 20.4. The van der Waals surface area contributed by atoms with Crippen LogP contribution in [0.2, 0.25) is 0 Å². The van der Waals surface area contributed by atoms with Crippen LogP contribution in [-0.4, -0.2) is 56.5 Å². The second-order valence-electron chi connectivity index (χ2n) is 12.2. The van der Waals surface area contributed by atoms with Gasteiger partial charge in [0.15, 0.2) is 0 Å². The summed E-state index contributed by atoms with van der Waals surface area (Å²) in [6.07, 6.45) is 11.0. The van der Waals surface area contributed by atoms with Crippen LogP contribution in [0.1, 0.15) is 62.6 Å². The monoisotopic (exact) mass is 672 g/mol. The molecule has 0 amide bonds. The summed E-state index contributed by atoms with van der Waals surface area (Å²) in [7, 11) is 0. The fourth-order valence-corrected chi connectivity index (χ4v) is 6.38.